The van der Waals surface area contributed by atoms with Gasteiger partial charge in [0, 0.05) is 0 Å². The number of aromatic amines is 2. The van der Waals surface area contributed by atoms with E-state index in [-0.39, 0.29) is 38.1 Å². The number of nitriles is 1. The lowest BCUT2D eigenvalue weighted by molar-refractivity contribution is -0.382. The second-order valence-electron chi connectivity index (χ2n) is 5.68. The summed E-state index contributed by atoms with van der Waals surface area (Å²) in [6.07, 6.45) is 0. The third-order valence-electron chi connectivity index (χ3n) is 4.05. The summed E-state index contributed by atoms with van der Waals surface area (Å²) in [7, 11) is 0. The van der Waals surface area contributed by atoms with E-state index in [2.05, 4.69) is 15.0 Å². The van der Waals surface area contributed by atoms with Crippen LogP contribution in [0.4, 0.5) is 5.69 Å². The predicted octanol–water partition coefficient (Wildman–Crippen LogP) is 4.16. The molecular formula is C17H7Cl2N5O3. The van der Waals surface area contributed by atoms with E-state index in [1.54, 1.807) is 0 Å². The number of aromatic nitrogens is 3. The average molecular weight is 400 g/mol. The molecule has 4 aromatic rings. The number of hydrogen-bond acceptors (Lipinski definition) is 5. The standard InChI is InChI=1S/C17H7Cl2N5O3/c18-9-4-12-13(5-10(9)19)23-17(25)15(22-12)14-16(24(26)27)8-3-7(6-20)1-2-11(8)21-14/h1-5,21H,(H,23,25). The molecule has 0 spiro atoms. The average Bonchev–Trinajstić information content (AvgIpc) is 3.01. The van der Waals surface area contributed by atoms with Gasteiger partial charge in [-0.1, -0.05) is 23.2 Å². The molecule has 2 aromatic heterocycles. The van der Waals surface area contributed by atoms with E-state index in [1.165, 1.54) is 30.3 Å². The van der Waals surface area contributed by atoms with Gasteiger partial charge in [0.2, 0.25) is 0 Å². The van der Waals surface area contributed by atoms with Crippen molar-refractivity contribution < 1.29 is 4.92 Å². The van der Waals surface area contributed by atoms with Gasteiger partial charge in [0.25, 0.3) is 5.56 Å². The van der Waals surface area contributed by atoms with E-state index in [0.717, 1.165) is 0 Å². The highest BCUT2D eigenvalue weighted by Crippen LogP contribution is 2.36. The topological polar surface area (TPSA) is 128 Å². The first-order chi connectivity index (χ1) is 12.9. The molecular weight excluding hydrogens is 393 g/mol. The van der Waals surface area contributed by atoms with Crippen LogP contribution in [0.3, 0.4) is 0 Å². The highest BCUT2D eigenvalue weighted by atomic mass is 35.5. The van der Waals surface area contributed by atoms with Crippen molar-refractivity contribution >= 4 is 50.8 Å². The molecule has 27 heavy (non-hydrogen) atoms. The van der Waals surface area contributed by atoms with Crippen molar-refractivity contribution in [2.24, 2.45) is 0 Å². The lowest BCUT2D eigenvalue weighted by Crippen LogP contribution is -2.12. The van der Waals surface area contributed by atoms with Gasteiger partial charge < -0.3 is 9.97 Å². The summed E-state index contributed by atoms with van der Waals surface area (Å²) in [5, 5.41) is 21.4. The largest absolute Gasteiger partial charge is 0.347 e. The number of fused-ring (bicyclic) bond motifs is 2. The van der Waals surface area contributed by atoms with Crippen LogP contribution < -0.4 is 5.56 Å². The van der Waals surface area contributed by atoms with E-state index in [1.807, 2.05) is 6.07 Å². The second kappa shape index (κ2) is 6.09. The number of hydrogen-bond donors (Lipinski definition) is 2. The monoisotopic (exact) mass is 399 g/mol. The maximum Gasteiger partial charge on any atom is 0.304 e. The number of nitro groups is 1. The number of nitrogens with zero attached hydrogens (tertiary/aromatic N) is 3. The van der Waals surface area contributed by atoms with Crippen LogP contribution in [0.25, 0.3) is 33.3 Å². The van der Waals surface area contributed by atoms with Gasteiger partial charge in [0.15, 0.2) is 5.69 Å². The second-order valence-corrected chi connectivity index (χ2v) is 6.49. The zero-order valence-corrected chi connectivity index (χ0v) is 14.7. The smallest absolute Gasteiger partial charge is 0.304 e. The van der Waals surface area contributed by atoms with Crippen LogP contribution in [0.2, 0.25) is 10.0 Å². The van der Waals surface area contributed by atoms with Crippen molar-refractivity contribution in [3.05, 3.63) is 66.4 Å². The molecule has 0 saturated heterocycles. The van der Waals surface area contributed by atoms with Crippen molar-refractivity contribution in [3.8, 4) is 17.5 Å². The summed E-state index contributed by atoms with van der Waals surface area (Å²) in [5.41, 5.74) is 0.162. The van der Waals surface area contributed by atoms with E-state index < -0.39 is 10.5 Å². The number of halogens is 2. The van der Waals surface area contributed by atoms with Crippen molar-refractivity contribution in [2.45, 2.75) is 0 Å². The summed E-state index contributed by atoms with van der Waals surface area (Å²) in [6, 6.07) is 9.29. The van der Waals surface area contributed by atoms with Crippen LogP contribution in [-0.4, -0.2) is 19.9 Å². The Morgan fingerprint density at radius 3 is 2.56 bits per heavy atom. The lowest BCUT2D eigenvalue weighted by atomic mass is 10.1. The fourth-order valence-electron chi connectivity index (χ4n) is 2.86. The van der Waals surface area contributed by atoms with Gasteiger partial charge in [-0.25, -0.2) is 4.98 Å². The minimum atomic E-state index is -0.629. The lowest BCUT2D eigenvalue weighted by Gasteiger charge is -2.03. The van der Waals surface area contributed by atoms with Gasteiger partial charge in [-0.15, -0.1) is 0 Å². The Kier molecular flexibility index (Phi) is 3.84. The van der Waals surface area contributed by atoms with Crippen LogP contribution in [0.1, 0.15) is 5.56 Å². The molecule has 0 aliphatic carbocycles. The zero-order valence-electron chi connectivity index (χ0n) is 13.2. The highest BCUT2D eigenvalue weighted by molar-refractivity contribution is 6.42. The SMILES string of the molecule is N#Cc1ccc2[nH]c(-c3nc4cc(Cl)c(Cl)cc4[nH]c3=O)c([N+](=O)[O-])c2c1. The molecule has 10 heteroatoms. The normalized spacial score (nSPS) is 11.0. The third kappa shape index (κ3) is 2.70. The first-order valence-electron chi connectivity index (χ1n) is 7.48. The fraction of sp³-hybridized carbons (Fsp3) is 0. The van der Waals surface area contributed by atoms with Crippen LogP contribution in [0.15, 0.2) is 35.1 Å². The molecule has 0 unspecified atom stereocenters. The van der Waals surface area contributed by atoms with Gasteiger partial charge >= 0.3 is 5.69 Å². The molecule has 2 heterocycles. The molecule has 0 saturated carbocycles. The summed E-state index contributed by atoms with van der Waals surface area (Å²) in [5.74, 6) is 0. The quantitative estimate of drug-likeness (QED) is 0.386. The van der Waals surface area contributed by atoms with Gasteiger partial charge in [-0.2, -0.15) is 5.26 Å². The van der Waals surface area contributed by atoms with E-state index in [0.29, 0.717) is 16.6 Å². The molecule has 132 valence electrons. The number of benzene rings is 2. The van der Waals surface area contributed by atoms with Crippen molar-refractivity contribution in [3.63, 3.8) is 0 Å². The summed E-state index contributed by atoms with van der Waals surface area (Å²) in [6.45, 7) is 0. The highest BCUT2D eigenvalue weighted by Gasteiger charge is 2.26. The minimum Gasteiger partial charge on any atom is -0.347 e. The summed E-state index contributed by atoms with van der Waals surface area (Å²) in [4.78, 5) is 33.3. The van der Waals surface area contributed by atoms with Crippen molar-refractivity contribution in [2.75, 3.05) is 0 Å². The Morgan fingerprint density at radius 1 is 1.11 bits per heavy atom. The molecule has 2 aromatic carbocycles. The maximum atomic E-state index is 12.5. The van der Waals surface area contributed by atoms with Crippen LogP contribution in [0.5, 0.6) is 0 Å². The van der Waals surface area contributed by atoms with Crippen molar-refractivity contribution in [1.29, 1.82) is 5.26 Å². The molecule has 0 atom stereocenters. The Balaban J connectivity index is 2.07. The Labute approximate surface area is 160 Å². The van der Waals surface area contributed by atoms with E-state index in [9.17, 15) is 14.9 Å². The van der Waals surface area contributed by atoms with Gasteiger partial charge in [0.05, 0.1) is 48.5 Å². The number of H-pyrrole nitrogens is 2. The van der Waals surface area contributed by atoms with Crippen molar-refractivity contribution in [1.82, 2.24) is 15.0 Å². The van der Waals surface area contributed by atoms with Gasteiger partial charge in [-0.3, -0.25) is 14.9 Å². The minimum absolute atomic E-state index is 0.0562. The molecule has 0 radical (unpaired) electrons. The Bertz CT molecular complexity index is 1370. The molecule has 8 nitrogen and oxygen atoms in total. The van der Waals surface area contributed by atoms with Gasteiger partial charge in [0.1, 0.15) is 5.69 Å². The molecule has 2 N–H and O–H groups in total. The Hall–Kier alpha value is -3.41. The molecule has 0 amide bonds. The zero-order chi connectivity index (χ0) is 19.3. The number of rotatable bonds is 2. The molecule has 0 bridgehead atoms. The fourth-order valence-corrected chi connectivity index (χ4v) is 3.18. The predicted molar refractivity (Wildman–Crippen MR) is 101 cm³/mol. The molecule has 0 aliphatic rings. The van der Waals surface area contributed by atoms with Crippen LogP contribution in [-0.2, 0) is 0 Å². The summed E-state index contributed by atoms with van der Waals surface area (Å²) < 4.78 is 0. The molecule has 0 aliphatic heterocycles. The van der Waals surface area contributed by atoms with E-state index >= 15 is 0 Å². The van der Waals surface area contributed by atoms with Crippen LogP contribution in [0, 0.1) is 21.4 Å². The first-order valence-corrected chi connectivity index (χ1v) is 8.24. The van der Waals surface area contributed by atoms with Crippen LogP contribution >= 0.6 is 23.2 Å². The van der Waals surface area contributed by atoms with Gasteiger partial charge in [-0.05, 0) is 30.3 Å². The molecule has 4 rings (SSSR count). The summed E-state index contributed by atoms with van der Waals surface area (Å²) >= 11 is 11.9. The third-order valence-corrected chi connectivity index (χ3v) is 4.78. The van der Waals surface area contributed by atoms with E-state index in [4.69, 9.17) is 28.5 Å². The molecule has 0 fully saturated rings. The Morgan fingerprint density at radius 2 is 1.85 bits per heavy atom. The first kappa shape index (κ1) is 17.0. The maximum absolute atomic E-state index is 12.5. The number of nitrogens with one attached hydrogen (secondary N) is 2.